The Kier molecular flexibility index (Phi) is 10.4. The number of hydrogen-bond acceptors (Lipinski definition) is 3. The van der Waals surface area contributed by atoms with E-state index in [1.54, 1.807) is 12.3 Å². The Morgan fingerprint density at radius 3 is 2.24 bits per heavy atom. The predicted octanol–water partition coefficient (Wildman–Crippen LogP) is 10.00. The number of hydrogen-bond donors (Lipinski definition) is 1. The first kappa shape index (κ1) is 33.4. The van der Waals surface area contributed by atoms with Gasteiger partial charge in [-0.15, -0.1) is 23.1 Å². The summed E-state index contributed by atoms with van der Waals surface area (Å²) >= 11 is 0. The van der Waals surface area contributed by atoms with E-state index in [1.807, 2.05) is 58.2 Å². The summed E-state index contributed by atoms with van der Waals surface area (Å²) < 4.78 is 15.8. The average Bonchev–Trinajstić information content (AvgIpc) is 3.47. The molecule has 3 aromatic carbocycles. The van der Waals surface area contributed by atoms with Gasteiger partial charge in [0.2, 0.25) is 0 Å². The normalized spacial score (nSPS) is 12.5. The molecule has 6 heteroatoms. The molecule has 0 aliphatic carbocycles. The second-order valence-corrected chi connectivity index (χ2v) is 11.8. The first-order valence-corrected chi connectivity index (χ1v) is 14.7. The summed E-state index contributed by atoms with van der Waals surface area (Å²) in [6.45, 7) is 16.3. The molecule has 42 heavy (non-hydrogen) atoms. The number of aromatic nitrogens is 2. The van der Waals surface area contributed by atoms with Gasteiger partial charge in [0.25, 0.3) is 0 Å². The van der Waals surface area contributed by atoms with Gasteiger partial charge in [0.15, 0.2) is 5.78 Å². The first-order chi connectivity index (χ1) is 19.4. The minimum absolute atomic E-state index is 0. The molecule has 1 radical (unpaired) electrons. The van der Waals surface area contributed by atoms with Crippen molar-refractivity contribution in [1.29, 1.82) is 0 Å². The molecule has 0 aliphatic rings. The Hall–Kier alpha value is -3.08. The van der Waals surface area contributed by atoms with Crippen LogP contribution in [0.25, 0.3) is 38.1 Å². The molecule has 5 aromatic rings. The van der Waals surface area contributed by atoms with Gasteiger partial charge in [-0.1, -0.05) is 88.4 Å². The molecule has 2 aromatic heterocycles. The fraction of sp³-hybridized carbons (Fsp3) is 0.389. The first-order valence-electron chi connectivity index (χ1n) is 14.7. The molecule has 0 aliphatic heterocycles. The van der Waals surface area contributed by atoms with Crippen LogP contribution in [0, 0.1) is 36.6 Å². The zero-order chi connectivity index (χ0) is 30.1. The summed E-state index contributed by atoms with van der Waals surface area (Å²) in [6, 6.07) is 14.9. The van der Waals surface area contributed by atoms with E-state index in [-0.39, 0.29) is 48.3 Å². The van der Waals surface area contributed by atoms with Crippen molar-refractivity contribution in [3.8, 4) is 0 Å². The predicted molar refractivity (Wildman–Crippen MR) is 169 cm³/mol. The summed E-state index contributed by atoms with van der Waals surface area (Å²) in [7, 11) is 0. The van der Waals surface area contributed by atoms with Crippen LogP contribution in [-0.4, -0.2) is 20.3 Å². The van der Waals surface area contributed by atoms with Crippen LogP contribution in [0.1, 0.15) is 78.4 Å². The fourth-order valence-electron chi connectivity index (χ4n) is 5.38. The van der Waals surface area contributed by atoms with Crippen molar-refractivity contribution in [1.82, 2.24) is 9.38 Å². The molecular weight excluding hydrogens is 704 g/mol. The van der Waals surface area contributed by atoms with Crippen LogP contribution in [0.5, 0.6) is 0 Å². The van der Waals surface area contributed by atoms with Crippen molar-refractivity contribution in [3.63, 3.8) is 0 Å². The quantitative estimate of drug-likeness (QED) is 0.0594. The van der Waals surface area contributed by atoms with Gasteiger partial charge in [-0.3, -0.25) is 9.78 Å². The average molecular weight is 746 g/mol. The summed E-state index contributed by atoms with van der Waals surface area (Å²) in [5.74, 6) is 0.0452. The largest absolute Gasteiger partial charge is 0.512 e. The summed E-state index contributed by atoms with van der Waals surface area (Å²) in [5.41, 5.74) is 3.45. The van der Waals surface area contributed by atoms with Crippen LogP contribution in [0.4, 0.5) is 4.39 Å². The molecule has 4 nitrogen and oxygen atoms in total. The van der Waals surface area contributed by atoms with E-state index in [0.717, 1.165) is 58.4 Å². The molecule has 2 heterocycles. The van der Waals surface area contributed by atoms with Crippen LogP contribution in [0.3, 0.4) is 0 Å². The van der Waals surface area contributed by atoms with Crippen molar-refractivity contribution >= 4 is 43.9 Å². The van der Waals surface area contributed by atoms with Crippen LogP contribution < -0.4 is 0 Å². The number of ketones is 1. The smallest absolute Gasteiger partial charge is 0.164 e. The Balaban J connectivity index is 0.000000242. The maximum atomic E-state index is 13.8. The van der Waals surface area contributed by atoms with E-state index >= 15 is 0 Å². The van der Waals surface area contributed by atoms with Crippen molar-refractivity contribution in [2.24, 2.45) is 10.8 Å². The van der Waals surface area contributed by atoms with E-state index in [2.05, 4.69) is 43.1 Å². The fourth-order valence-corrected chi connectivity index (χ4v) is 5.38. The second kappa shape index (κ2) is 13.1. The molecular formula is C36H42FIrN2O2-. The van der Waals surface area contributed by atoms with Crippen LogP contribution >= 0.6 is 0 Å². The Morgan fingerprint density at radius 1 is 0.976 bits per heavy atom. The molecule has 0 fully saturated rings. The Bertz CT molecular complexity index is 1780. The van der Waals surface area contributed by atoms with Crippen molar-refractivity contribution in [2.75, 3.05) is 0 Å². The third-order valence-electron chi connectivity index (χ3n) is 9.42. The minimum atomic E-state index is -0.337. The molecule has 0 atom stereocenters. The minimum Gasteiger partial charge on any atom is -0.512 e. The van der Waals surface area contributed by atoms with Crippen LogP contribution in [0.2, 0.25) is 0 Å². The molecule has 225 valence electrons. The van der Waals surface area contributed by atoms with Crippen molar-refractivity contribution in [3.05, 3.63) is 83.6 Å². The summed E-state index contributed by atoms with van der Waals surface area (Å²) in [4.78, 5) is 16.7. The zero-order valence-corrected chi connectivity index (χ0v) is 28.4. The molecule has 0 unspecified atom stereocenters. The van der Waals surface area contributed by atoms with Gasteiger partial charge < -0.3 is 9.51 Å². The standard InChI is InChI=1S/C21H14FN2.C15H28O2.Ir/c1-12-3-4-14-10-18-20(13(2)17(14)9-12)16-6-5-15(22)11-19(16)24-8-7-23-21(18)24;1-7-14(5,8-2)12(16)11-13(17)15(6,9-3)10-4;/h3-9,11H,1-2H3;11,16H,7-10H2,1-6H3;/q-1;;/b;12-11-;. The van der Waals surface area contributed by atoms with E-state index in [9.17, 15) is 14.3 Å². The molecule has 0 amide bonds. The van der Waals surface area contributed by atoms with Gasteiger partial charge in [-0.2, -0.15) is 0 Å². The molecule has 5 rings (SSSR count). The van der Waals surface area contributed by atoms with Gasteiger partial charge in [0.05, 0.1) is 5.65 Å². The van der Waals surface area contributed by atoms with E-state index in [0.29, 0.717) is 0 Å². The number of benzene rings is 3. The van der Waals surface area contributed by atoms with Crippen molar-refractivity contribution < 1.29 is 34.4 Å². The number of halogens is 1. The number of imidazole rings is 1. The molecule has 0 bridgehead atoms. The Labute approximate surface area is 262 Å². The van der Waals surface area contributed by atoms with Crippen molar-refractivity contribution in [2.45, 2.75) is 81.1 Å². The van der Waals surface area contributed by atoms with Gasteiger partial charge in [0, 0.05) is 54.9 Å². The third-order valence-corrected chi connectivity index (χ3v) is 9.42. The number of nitrogens with zero attached hydrogens (tertiary/aromatic N) is 2. The summed E-state index contributed by atoms with van der Waals surface area (Å²) in [6.07, 6.45) is 8.38. The zero-order valence-electron chi connectivity index (χ0n) is 26.0. The number of aliphatic hydroxyl groups is 1. The van der Waals surface area contributed by atoms with E-state index in [4.69, 9.17) is 0 Å². The number of carbonyl (C=O) groups is 1. The molecule has 0 saturated heterocycles. The molecule has 0 spiro atoms. The van der Waals surface area contributed by atoms with Crippen LogP contribution in [-0.2, 0) is 24.9 Å². The maximum absolute atomic E-state index is 13.8. The van der Waals surface area contributed by atoms with Gasteiger partial charge in [0.1, 0.15) is 11.6 Å². The topological polar surface area (TPSA) is 54.6 Å². The number of allylic oxidation sites excluding steroid dienone is 2. The number of pyridine rings is 1. The maximum Gasteiger partial charge on any atom is 0.164 e. The van der Waals surface area contributed by atoms with E-state index in [1.165, 1.54) is 28.7 Å². The Morgan fingerprint density at radius 2 is 1.62 bits per heavy atom. The van der Waals surface area contributed by atoms with E-state index < -0.39 is 0 Å². The SMILES string of the molecule is CCC(C)(CC)C(=O)/C=C(\O)C(C)(CC)CC.Cc1ccc2[c-]c3c(c(C)c2c1)c1ccc(F)cc1n1ccnc31.[Ir]. The molecule has 0 saturated carbocycles. The van der Waals surface area contributed by atoms with Gasteiger partial charge in [-0.05, 0) is 50.1 Å². The van der Waals surface area contributed by atoms with Crippen LogP contribution in [0.15, 0.2) is 60.6 Å². The van der Waals surface area contributed by atoms with Gasteiger partial charge in [-0.25, -0.2) is 4.39 Å². The number of rotatable bonds is 7. The number of carbonyl (C=O) groups excluding carboxylic acids is 1. The monoisotopic (exact) mass is 746 g/mol. The molecule has 1 N–H and O–H groups in total. The summed E-state index contributed by atoms with van der Waals surface area (Å²) in [5, 5.41) is 15.5. The third kappa shape index (κ3) is 6.02. The van der Waals surface area contributed by atoms with Gasteiger partial charge >= 0.3 is 0 Å². The number of fused-ring (bicyclic) bond motifs is 7. The number of aryl methyl sites for hydroxylation is 2. The second-order valence-electron chi connectivity index (χ2n) is 11.8. The number of aliphatic hydroxyl groups excluding tert-OH is 1.